The Kier molecular flexibility index (Phi) is 4.39. The minimum absolute atomic E-state index is 0.583. The average Bonchev–Trinajstić information content (AvgIpc) is 2.72. The topological polar surface area (TPSA) is 43.0 Å². The number of nitrogens with two attached hydrogens (primary N) is 1. The number of fused-ring (bicyclic) bond motifs is 1. The summed E-state index contributed by atoms with van der Waals surface area (Å²) in [4.78, 5) is 0. The number of hydrogen-bond donors (Lipinski definition) is 2. The first-order valence-corrected chi connectivity index (χ1v) is 6.70. The first-order chi connectivity index (χ1) is 8.76. The molecule has 0 aliphatic rings. The summed E-state index contributed by atoms with van der Waals surface area (Å²) < 4.78 is 2.19. The van der Waals surface area contributed by atoms with Crippen LogP contribution in [0.15, 0.2) is 30.5 Å². The number of nitrogens with zero attached hydrogens (tertiary/aromatic N) is 1. The summed E-state index contributed by atoms with van der Waals surface area (Å²) in [5.74, 6) is 0.583. The van der Waals surface area contributed by atoms with Crippen LogP contribution >= 0.6 is 0 Å². The SMILES string of the molecule is CCC(CN)CNCc1cn(C)c2ccccc12. The van der Waals surface area contributed by atoms with Gasteiger partial charge in [0.2, 0.25) is 0 Å². The molecule has 0 fully saturated rings. The molecule has 0 aliphatic carbocycles. The van der Waals surface area contributed by atoms with Crippen molar-refractivity contribution in [3.05, 3.63) is 36.0 Å². The first-order valence-electron chi connectivity index (χ1n) is 6.70. The lowest BCUT2D eigenvalue weighted by atomic mass is 10.1. The lowest BCUT2D eigenvalue weighted by molar-refractivity contribution is 0.472. The quantitative estimate of drug-likeness (QED) is 0.819. The van der Waals surface area contributed by atoms with Crippen LogP contribution in [0, 0.1) is 5.92 Å². The van der Waals surface area contributed by atoms with Crippen molar-refractivity contribution in [3.8, 4) is 0 Å². The van der Waals surface area contributed by atoms with Crippen molar-refractivity contribution in [2.24, 2.45) is 18.7 Å². The summed E-state index contributed by atoms with van der Waals surface area (Å²) in [6.07, 6.45) is 3.35. The summed E-state index contributed by atoms with van der Waals surface area (Å²) in [7, 11) is 2.10. The number of nitrogens with one attached hydrogen (secondary N) is 1. The maximum atomic E-state index is 5.71. The highest BCUT2D eigenvalue weighted by Crippen LogP contribution is 2.19. The Morgan fingerprint density at radius 1 is 1.33 bits per heavy atom. The number of benzene rings is 1. The standard InChI is InChI=1S/C15H23N3/c1-3-12(8-16)9-17-10-13-11-18(2)15-7-5-4-6-14(13)15/h4-7,11-12,17H,3,8-10,16H2,1-2H3. The van der Waals surface area contributed by atoms with Gasteiger partial charge in [-0.25, -0.2) is 0 Å². The van der Waals surface area contributed by atoms with Gasteiger partial charge in [0.25, 0.3) is 0 Å². The highest BCUT2D eigenvalue weighted by atomic mass is 14.9. The van der Waals surface area contributed by atoms with Gasteiger partial charge in [-0.05, 0) is 30.6 Å². The van der Waals surface area contributed by atoms with E-state index in [1.165, 1.54) is 16.5 Å². The van der Waals surface area contributed by atoms with Gasteiger partial charge in [-0.1, -0.05) is 31.5 Å². The Bertz CT molecular complexity index is 497. The van der Waals surface area contributed by atoms with Crippen molar-refractivity contribution in [1.82, 2.24) is 9.88 Å². The molecule has 98 valence electrons. The van der Waals surface area contributed by atoms with Crippen LogP contribution in [0.1, 0.15) is 18.9 Å². The van der Waals surface area contributed by atoms with Gasteiger partial charge in [0, 0.05) is 30.7 Å². The van der Waals surface area contributed by atoms with Gasteiger partial charge in [-0.15, -0.1) is 0 Å². The predicted molar refractivity (Wildman–Crippen MR) is 77.5 cm³/mol. The van der Waals surface area contributed by atoms with Gasteiger partial charge < -0.3 is 15.6 Å². The number of para-hydroxylation sites is 1. The molecule has 0 saturated heterocycles. The Morgan fingerprint density at radius 3 is 2.83 bits per heavy atom. The van der Waals surface area contributed by atoms with Gasteiger partial charge in [0.1, 0.15) is 0 Å². The van der Waals surface area contributed by atoms with Crippen molar-refractivity contribution in [2.45, 2.75) is 19.9 Å². The molecule has 0 spiro atoms. The van der Waals surface area contributed by atoms with E-state index in [-0.39, 0.29) is 0 Å². The van der Waals surface area contributed by atoms with E-state index in [1.54, 1.807) is 0 Å². The van der Waals surface area contributed by atoms with Crippen LogP contribution in [0.2, 0.25) is 0 Å². The second kappa shape index (κ2) is 6.03. The van der Waals surface area contributed by atoms with E-state index in [1.807, 2.05) is 0 Å². The zero-order valence-electron chi connectivity index (χ0n) is 11.3. The Morgan fingerprint density at radius 2 is 2.11 bits per heavy atom. The number of aromatic nitrogens is 1. The second-order valence-electron chi connectivity index (χ2n) is 4.92. The fourth-order valence-corrected chi connectivity index (χ4v) is 2.37. The lowest BCUT2D eigenvalue weighted by Crippen LogP contribution is -2.27. The molecule has 1 atom stereocenters. The molecule has 1 aromatic heterocycles. The highest BCUT2D eigenvalue weighted by molar-refractivity contribution is 5.83. The third kappa shape index (κ3) is 2.74. The van der Waals surface area contributed by atoms with Crippen molar-refractivity contribution in [1.29, 1.82) is 0 Å². The third-order valence-electron chi connectivity index (χ3n) is 3.64. The molecule has 3 nitrogen and oxygen atoms in total. The molecule has 3 heteroatoms. The van der Waals surface area contributed by atoms with E-state index in [9.17, 15) is 0 Å². The van der Waals surface area contributed by atoms with Crippen molar-refractivity contribution >= 4 is 10.9 Å². The number of hydrogen-bond acceptors (Lipinski definition) is 2. The zero-order chi connectivity index (χ0) is 13.0. The Labute approximate surface area is 109 Å². The predicted octanol–water partition coefficient (Wildman–Crippen LogP) is 2.25. The smallest absolute Gasteiger partial charge is 0.0481 e. The zero-order valence-corrected chi connectivity index (χ0v) is 11.3. The van der Waals surface area contributed by atoms with Crippen LogP contribution in [0.5, 0.6) is 0 Å². The summed E-state index contributed by atoms with van der Waals surface area (Å²) in [6, 6.07) is 8.53. The maximum absolute atomic E-state index is 5.71. The van der Waals surface area contributed by atoms with Crippen LogP contribution in [0.4, 0.5) is 0 Å². The molecule has 2 aromatic rings. The molecule has 0 saturated carbocycles. The second-order valence-corrected chi connectivity index (χ2v) is 4.92. The normalized spacial score (nSPS) is 13.1. The largest absolute Gasteiger partial charge is 0.350 e. The molecule has 0 bridgehead atoms. The highest BCUT2D eigenvalue weighted by Gasteiger charge is 2.07. The molecular weight excluding hydrogens is 222 g/mol. The molecule has 0 aliphatic heterocycles. The van der Waals surface area contributed by atoms with Gasteiger partial charge in [0.05, 0.1) is 0 Å². The lowest BCUT2D eigenvalue weighted by Gasteiger charge is -2.12. The summed E-state index contributed by atoms with van der Waals surface area (Å²) in [5.41, 5.74) is 8.37. The molecule has 0 radical (unpaired) electrons. The number of aryl methyl sites for hydroxylation is 1. The number of rotatable bonds is 6. The van der Waals surface area contributed by atoms with Gasteiger partial charge in [0.15, 0.2) is 0 Å². The van der Waals surface area contributed by atoms with E-state index < -0.39 is 0 Å². The Balaban J connectivity index is 2.04. The molecule has 2 rings (SSSR count). The molecule has 1 aromatic carbocycles. The Hall–Kier alpha value is -1.32. The molecular formula is C15H23N3. The fourth-order valence-electron chi connectivity index (χ4n) is 2.37. The molecule has 3 N–H and O–H groups in total. The summed E-state index contributed by atoms with van der Waals surface area (Å²) in [5, 5.41) is 4.86. The van der Waals surface area contributed by atoms with Crippen LogP contribution in [0.3, 0.4) is 0 Å². The van der Waals surface area contributed by atoms with Crippen LogP contribution in [-0.2, 0) is 13.6 Å². The molecule has 0 amide bonds. The minimum atomic E-state index is 0.583. The summed E-state index contributed by atoms with van der Waals surface area (Å²) >= 11 is 0. The van der Waals surface area contributed by atoms with Crippen molar-refractivity contribution in [2.75, 3.05) is 13.1 Å². The first kappa shape index (κ1) is 13.1. The van der Waals surface area contributed by atoms with E-state index in [0.29, 0.717) is 5.92 Å². The van der Waals surface area contributed by atoms with Crippen molar-refractivity contribution in [3.63, 3.8) is 0 Å². The third-order valence-corrected chi connectivity index (χ3v) is 3.64. The van der Waals surface area contributed by atoms with Crippen LogP contribution in [-0.4, -0.2) is 17.7 Å². The molecule has 18 heavy (non-hydrogen) atoms. The van der Waals surface area contributed by atoms with Crippen LogP contribution < -0.4 is 11.1 Å². The van der Waals surface area contributed by atoms with Crippen molar-refractivity contribution < 1.29 is 0 Å². The van der Waals surface area contributed by atoms with Gasteiger partial charge in [-0.3, -0.25) is 0 Å². The van der Waals surface area contributed by atoms with Crippen LogP contribution in [0.25, 0.3) is 10.9 Å². The average molecular weight is 245 g/mol. The fraction of sp³-hybridized carbons (Fsp3) is 0.467. The maximum Gasteiger partial charge on any atom is 0.0481 e. The van der Waals surface area contributed by atoms with E-state index in [0.717, 1.165) is 26.1 Å². The van der Waals surface area contributed by atoms with Gasteiger partial charge >= 0.3 is 0 Å². The van der Waals surface area contributed by atoms with E-state index >= 15 is 0 Å². The van der Waals surface area contributed by atoms with E-state index in [4.69, 9.17) is 5.73 Å². The molecule has 1 unspecified atom stereocenters. The van der Waals surface area contributed by atoms with Gasteiger partial charge in [-0.2, -0.15) is 0 Å². The van der Waals surface area contributed by atoms with E-state index in [2.05, 4.69) is 54.3 Å². The summed E-state index contributed by atoms with van der Waals surface area (Å²) in [6.45, 7) is 4.87. The minimum Gasteiger partial charge on any atom is -0.350 e. The monoisotopic (exact) mass is 245 g/mol. The molecule has 1 heterocycles.